The second-order valence-corrected chi connectivity index (χ2v) is 3.09. The minimum absolute atomic E-state index is 0.203. The summed E-state index contributed by atoms with van der Waals surface area (Å²) in [5.41, 5.74) is 4.11. The zero-order chi connectivity index (χ0) is 10.4. The van der Waals surface area contributed by atoms with E-state index in [1.165, 1.54) is 12.7 Å². The molecule has 3 heteroatoms. The van der Waals surface area contributed by atoms with Gasteiger partial charge in [-0.2, -0.15) is 0 Å². The van der Waals surface area contributed by atoms with Gasteiger partial charge in [-0.25, -0.2) is 5.48 Å². The Morgan fingerprint density at radius 2 is 2.29 bits per heavy atom. The lowest BCUT2D eigenvalue weighted by Gasteiger charge is -2.04. The van der Waals surface area contributed by atoms with Gasteiger partial charge in [0.15, 0.2) is 0 Å². The topological polar surface area (TPSA) is 38.3 Å². The van der Waals surface area contributed by atoms with E-state index in [0.29, 0.717) is 5.56 Å². The quantitative estimate of drug-likeness (QED) is 0.742. The van der Waals surface area contributed by atoms with Crippen LogP contribution in [0.1, 0.15) is 29.3 Å². The molecule has 0 heterocycles. The third-order valence-corrected chi connectivity index (χ3v) is 1.92. The SMILES string of the molecule is CCCc1cccc(C(=O)NOC)c1. The van der Waals surface area contributed by atoms with Gasteiger partial charge in [0.2, 0.25) is 0 Å². The molecule has 0 unspecified atom stereocenters. The molecule has 0 spiro atoms. The van der Waals surface area contributed by atoms with Gasteiger partial charge >= 0.3 is 0 Å². The summed E-state index contributed by atoms with van der Waals surface area (Å²) in [7, 11) is 1.42. The molecule has 3 nitrogen and oxygen atoms in total. The molecular weight excluding hydrogens is 178 g/mol. The fourth-order valence-corrected chi connectivity index (χ4v) is 1.31. The maximum absolute atomic E-state index is 11.4. The summed E-state index contributed by atoms with van der Waals surface area (Å²) in [4.78, 5) is 15.9. The number of amides is 1. The maximum Gasteiger partial charge on any atom is 0.274 e. The number of nitrogens with one attached hydrogen (secondary N) is 1. The molecule has 1 N–H and O–H groups in total. The predicted octanol–water partition coefficient (Wildman–Crippen LogP) is 1.93. The number of benzene rings is 1. The van der Waals surface area contributed by atoms with Crippen LogP contribution in [0.2, 0.25) is 0 Å². The first-order valence-electron chi connectivity index (χ1n) is 4.70. The zero-order valence-corrected chi connectivity index (χ0v) is 8.54. The van der Waals surface area contributed by atoms with Crippen LogP contribution in [0.25, 0.3) is 0 Å². The van der Waals surface area contributed by atoms with E-state index < -0.39 is 0 Å². The number of carbonyl (C=O) groups excluding carboxylic acids is 1. The highest BCUT2D eigenvalue weighted by Gasteiger charge is 2.04. The second-order valence-electron chi connectivity index (χ2n) is 3.09. The largest absolute Gasteiger partial charge is 0.277 e. The first-order chi connectivity index (χ1) is 6.77. The highest BCUT2D eigenvalue weighted by atomic mass is 16.6. The van der Waals surface area contributed by atoms with E-state index >= 15 is 0 Å². The van der Waals surface area contributed by atoms with Crippen molar-refractivity contribution in [3.8, 4) is 0 Å². The van der Waals surface area contributed by atoms with Gasteiger partial charge in [0, 0.05) is 5.56 Å². The number of aryl methyl sites for hydroxylation is 1. The normalized spacial score (nSPS) is 9.86. The van der Waals surface area contributed by atoms with Gasteiger partial charge in [-0.05, 0) is 24.1 Å². The Hall–Kier alpha value is -1.35. The van der Waals surface area contributed by atoms with E-state index in [2.05, 4.69) is 17.2 Å². The minimum atomic E-state index is -0.203. The minimum Gasteiger partial charge on any atom is -0.277 e. The molecule has 0 bridgehead atoms. The third kappa shape index (κ3) is 2.85. The third-order valence-electron chi connectivity index (χ3n) is 1.92. The Bertz CT molecular complexity index is 310. The molecule has 0 saturated heterocycles. The van der Waals surface area contributed by atoms with Crippen LogP contribution in [-0.2, 0) is 11.3 Å². The van der Waals surface area contributed by atoms with E-state index in [0.717, 1.165) is 12.8 Å². The zero-order valence-electron chi connectivity index (χ0n) is 8.54. The first-order valence-corrected chi connectivity index (χ1v) is 4.70. The standard InChI is InChI=1S/C11H15NO2/c1-3-5-9-6-4-7-10(8-9)11(13)12-14-2/h4,6-8H,3,5H2,1-2H3,(H,12,13). The summed E-state index contributed by atoms with van der Waals surface area (Å²) in [6.07, 6.45) is 2.07. The van der Waals surface area contributed by atoms with Gasteiger partial charge in [-0.3, -0.25) is 9.63 Å². The lowest BCUT2D eigenvalue weighted by atomic mass is 10.1. The van der Waals surface area contributed by atoms with Crippen molar-refractivity contribution >= 4 is 5.91 Å². The van der Waals surface area contributed by atoms with Gasteiger partial charge < -0.3 is 0 Å². The monoisotopic (exact) mass is 193 g/mol. The Labute approximate surface area is 84.0 Å². The van der Waals surface area contributed by atoms with Crippen LogP contribution in [-0.4, -0.2) is 13.0 Å². The lowest BCUT2D eigenvalue weighted by Crippen LogP contribution is -2.21. The van der Waals surface area contributed by atoms with E-state index in [1.54, 1.807) is 6.07 Å². The van der Waals surface area contributed by atoms with Crippen molar-refractivity contribution in [3.05, 3.63) is 35.4 Å². The van der Waals surface area contributed by atoms with Crippen LogP contribution in [0.4, 0.5) is 0 Å². The van der Waals surface area contributed by atoms with Crippen molar-refractivity contribution < 1.29 is 9.63 Å². The molecule has 0 saturated carbocycles. The number of hydroxylamine groups is 1. The van der Waals surface area contributed by atoms with Crippen LogP contribution >= 0.6 is 0 Å². The molecular formula is C11H15NO2. The smallest absolute Gasteiger partial charge is 0.274 e. The summed E-state index contributed by atoms with van der Waals surface area (Å²) < 4.78 is 0. The van der Waals surface area contributed by atoms with Crippen molar-refractivity contribution in [1.82, 2.24) is 5.48 Å². The summed E-state index contributed by atoms with van der Waals surface area (Å²) in [6, 6.07) is 7.56. The van der Waals surface area contributed by atoms with Crippen molar-refractivity contribution in [2.45, 2.75) is 19.8 Å². The Balaban J connectivity index is 2.77. The summed E-state index contributed by atoms with van der Waals surface area (Å²) >= 11 is 0. The fourth-order valence-electron chi connectivity index (χ4n) is 1.31. The molecule has 1 aromatic rings. The molecule has 0 atom stereocenters. The highest BCUT2D eigenvalue weighted by molar-refractivity contribution is 5.93. The first kappa shape index (κ1) is 10.7. The molecule has 0 fully saturated rings. The van der Waals surface area contributed by atoms with Gasteiger partial charge in [0.25, 0.3) is 5.91 Å². The molecule has 0 aliphatic carbocycles. The summed E-state index contributed by atoms with van der Waals surface area (Å²) in [5, 5.41) is 0. The van der Waals surface area contributed by atoms with E-state index in [-0.39, 0.29) is 5.91 Å². The van der Waals surface area contributed by atoms with Crippen LogP contribution in [0, 0.1) is 0 Å². The van der Waals surface area contributed by atoms with Crippen LogP contribution in [0.5, 0.6) is 0 Å². The number of rotatable bonds is 4. The molecule has 0 radical (unpaired) electrons. The van der Waals surface area contributed by atoms with Crippen LogP contribution in [0.3, 0.4) is 0 Å². The highest BCUT2D eigenvalue weighted by Crippen LogP contribution is 2.07. The fraction of sp³-hybridized carbons (Fsp3) is 0.364. The molecule has 1 amide bonds. The molecule has 0 aromatic heterocycles. The van der Waals surface area contributed by atoms with E-state index in [9.17, 15) is 4.79 Å². The number of hydrogen-bond acceptors (Lipinski definition) is 2. The number of hydrogen-bond donors (Lipinski definition) is 1. The average Bonchev–Trinajstić information content (AvgIpc) is 2.19. The van der Waals surface area contributed by atoms with Crippen LogP contribution in [0.15, 0.2) is 24.3 Å². The maximum atomic E-state index is 11.4. The molecule has 1 rings (SSSR count). The Kier molecular flexibility index (Phi) is 4.13. The van der Waals surface area contributed by atoms with Crippen molar-refractivity contribution in [3.63, 3.8) is 0 Å². The van der Waals surface area contributed by atoms with Crippen molar-refractivity contribution in [2.75, 3.05) is 7.11 Å². The van der Waals surface area contributed by atoms with E-state index in [1.807, 2.05) is 18.2 Å². The van der Waals surface area contributed by atoms with Crippen molar-refractivity contribution in [1.29, 1.82) is 0 Å². The van der Waals surface area contributed by atoms with Crippen molar-refractivity contribution in [2.24, 2.45) is 0 Å². The van der Waals surface area contributed by atoms with Gasteiger partial charge in [-0.1, -0.05) is 25.5 Å². The molecule has 0 aliphatic rings. The Morgan fingerprint density at radius 3 is 2.93 bits per heavy atom. The molecule has 76 valence electrons. The lowest BCUT2D eigenvalue weighted by molar-refractivity contribution is 0.0537. The Morgan fingerprint density at radius 1 is 1.50 bits per heavy atom. The average molecular weight is 193 g/mol. The molecule has 0 aliphatic heterocycles. The van der Waals surface area contributed by atoms with Gasteiger partial charge in [0.05, 0.1) is 7.11 Å². The van der Waals surface area contributed by atoms with Gasteiger partial charge in [-0.15, -0.1) is 0 Å². The van der Waals surface area contributed by atoms with Gasteiger partial charge in [0.1, 0.15) is 0 Å². The number of carbonyl (C=O) groups is 1. The van der Waals surface area contributed by atoms with E-state index in [4.69, 9.17) is 0 Å². The second kappa shape index (κ2) is 5.40. The molecule has 14 heavy (non-hydrogen) atoms. The van der Waals surface area contributed by atoms with Crippen LogP contribution < -0.4 is 5.48 Å². The predicted molar refractivity (Wildman–Crippen MR) is 54.9 cm³/mol. The molecule has 1 aromatic carbocycles. The summed E-state index contributed by atoms with van der Waals surface area (Å²) in [5.74, 6) is -0.203. The summed E-state index contributed by atoms with van der Waals surface area (Å²) in [6.45, 7) is 2.11.